The van der Waals surface area contributed by atoms with Gasteiger partial charge in [-0.3, -0.25) is 4.98 Å². The quantitative estimate of drug-likeness (QED) is 0.774. The summed E-state index contributed by atoms with van der Waals surface area (Å²) in [6.07, 6.45) is 5.37. The lowest BCUT2D eigenvalue weighted by molar-refractivity contribution is 0.271. The molecule has 0 bridgehead atoms. The molecule has 0 spiro atoms. The number of fused-ring (bicyclic) bond motifs is 1. The third-order valence-corrected chi connectivity index (χ3v) is 3.11. The van der Waals surface area contributed by atoms with Crippen LogP contribution in [0.4, 0.5) is 0 Å². The lowest BCUT2D eigenvalue weighted by Crippen LogP contribution is -2.04. The van der Waals surface area contributed by atoms with Crippen LogP contribution in [0.2, 0.25) is 0 Å². The van der Waals surface area contributed by atoms with Crippen molar-refractivity contribution in [2.24, 2.45) is 0 Å². The predicted octanol–water partition coefficient (Wildman–Crippen LogP) is 1.79. The maximum Gasteiger partial charge on any atom is 0.157 e. The number of hydrogen-bond acceptors (Lipinski definition) is 4. The molecule has 19 heavy (non-hydrogen) atoms. The summed E-state index contributed by atoms with van der Waals surface area (Å²) in [7, 11) is 0. The number of rotatable bonds is 3. The van der Waals surface area contributed by atoms with E-state index >= 15 is 0 Å². The molecule has 5 heteroatoms. The van der Waals surface area contributed by atoms with E-state index in [-0.39, 0.29) is 6.61 Å². The molecule has 1 N–H and O–H groups in total. The summed E-state index contributed by atoms with van der Waals surface area (Å²) in [5.41, 5.74) is 3.87. The van der Waals surface area contributed by atoms with Gasteiger partial charge in [0.1, 0.15) is 0 Å². The second kappa shape index (κ2) is 4.78. The molecule has 3 aromatic heterocycles. The number of nitrogens with zero attached hydrogens (tertiary/aromatic N) is 4. The highest BCUT2D eigenvalue weighted by atomic mass is 16.3. The first kappa shape index (κ1) is 11.8. The zero-order valence-electron chi connectivity index (χ0n) is 10.6. The van der Waals surface area contributed by atoms with Crippen LogP contribution in [0.25, 0.3) is 22.2 Å². The van der Waals surface area contributed by atoms with Crippen molar-refractivity contribution in [2.75, 3.05) is 6.61 Å². The highest BCUT2D eigenvalue weighted by molar-refractivity contribution is 5.81. The minimum atomic E-state index is 0.0575. The van der Waals surface area contributed by atoms with Gasteiger partial charge in [-0.05, 0) is 19.1 Å². The molecule has 0 aliphatic rings. The number of aliphatic hydroxyl groups excluding tert-OH is 1. The largest absolute Gasteiger partial charge is 0.394 e. The van der Waals surface area contributed by atoms with Gasteiger partial charge < -0.3 is 5.11 Å². The standard InChI is InChI=1S/C14H14N4O/c1-10-13(3-2-4-15-10)11-7-12-9-17-18(5-6-19)14(12)16-8-11/h2-4,7-9,19H,5-6H2,1H3. The van der Waals surface area contributed by atoms with Gasteiger partial charge in [0.2, 0.25) is 0 Å². The van der Waals surface area contributed by atoms with E-state index in [2.05, 4.69) is 15.1 Å². The molecule has 0 atom stereocenters. The summed E-state index contributed by atoms with van der Waals surface area (Å²) in [4.78, 5) is 8.73. The summed E-state index contributed by atoms with van der Waals surface area (Å²) < 4.78 is 1.70. The zero-order chi connectivity index (χ0) is 13.2. The van der Waals surface area contributed by atoms with Crippen molar-refractivity contribution in [3.8, 4) is 11.1 Å². The van der Waals surface area contributed by atoms with E-state index in [4.69, 9.17) is 5.11 Å². The average molecular weight is 254 g/mol. The van der Waals surface area contributed by atoms with E-state index in [0.717, 1.165) is 27.9 Å². The van der Waals surface area contributed by atoms with Crippen molar-refractivity contribution in [3.05, 3.63) is 42.5 Å². The Kier molecular flexibility index (Phi) is 2.97. The first-order valence-corrected chi connectivity index (χ1v) is 6.14. The van der Waals surface area contributed by atoms with Crippen LogP contribution >= 0.6 is 0 Å². The van der Waals surface area contributed by atoms with Crippen molar-refractivity contribution in [2.45, 2.75) is 13.5 Å². The van der Waals surface area contributed by atoms with Crippen LogP contribution < -0.4 is 0 Å². The third kappa shape index (κ3) is 2.08. The molecule has 0 saturated carbocycles. The molecule has 0 aliphatic heterocycles. The molecule has 0 aromatic carbocycles. The van der Waals surface area contributed by atoms with Crippen LogP contribution in [0.5, 0.6) is 0 Å². The molecule has 3 aromatic rings. The van der Waals surface area contributed by atoms with Crippen molar-refractivity contribution >= 4 is 11.0 Å². The van der Waals surface area contributed by atoms with E-state index in [1.165, 1.54) is 0 Å². The van der Waals surface area contributed by atoms with Crippen molar-refractivity contribution in [1.29, 1.82) is 0 Å². The normalized spacial score (nSPS) is 11.1. The number of aryl methyl sites for hydroxylation is 1. The van der Waals surface area contributed by atoms with Gasteiger partial charge in [-0.2, -0.15) is 5.10 Å². The van der Waals surface area contributed by atoms with Crippen molar-refractivity contribution < 1.29 is 5.11 Å². The Morgan fingerprint density at radius 3 is 2.95 bits per heavy atom. The van der Waals surface area contributed by atoms with Crippen LogP contribution in [0.3, 0.4) is 0 Å². The number of hydrogen-bond donors (Lipinski definition) is 1. The van der Waals surface area contributed by atoms with Crippen LogP contribution in [0, 0.1) is 6.92 Å². The summed E-state index contributed by atoms with van der Waals surface area (Å²) in [5, 5.41) is 14.2. The molecular formula is C14H14N4O. The van der Waals surface area contributed by atoms with Crippen molar-refractivity contribution in [3.63, 3.8) is 0 Å². The van der Waals surface area contributed by atoms with E-state index in [1.807, 2.05) is 31.3 Å². The Labute approximate surface area is 110 Å². The van der Waals surface area contributed by atoms with Gasteiger partial charge in [0.25, 0.3) is 0 Å². The van der Waals surface area contributed by atoms with Gasteiger partial charge in [0.15, 0.2) is 5.65 Å². The van der Waals surface area contributed by atoms with Gasteiger partial charge in [0, 0.05) is 34.6 Å². The molecule has 3 heterocycles. The molecule has 5 nitrogen and oxygen atoms in total. The third-order valence-electron chi connectivity index (χ3n) is 3.11. The van der Waals surface area contributed by atoms with Gasteiger partial charge >= 0.3 is 0 Å². The lowest BCUT2D eigenvalue weighted by Gasteiger charge is -2.05. The van der Waals surface area contributed by atoms with Crippen LogP contribution in [-0.2, 0) is 6.54 Å². The summed E-state index contributed by atoms with van der Waals surface area (Å²) in [5.74, 6) is 0. The molecule has 0 fully saturated rings. The molecule has 0 saturated heterocycles. The lowest BCUT2D eigenvalue weighted by atomic mass is 10.1. The van der Waals surface area contributed by atoms with Crippen molar-refractivity contribution in [1.82, 2.24) is 19.7 Å². The fourth-order valence-electron chi connectivity index (χ4n) is 2.17. The van der Waals surface area contributed by atoms with Crippen LogP contribution in [-0.4, -0.2) is 31.5 Å². The Morgan fingerprint density at radius 1 is 1.26 bits per heavy atom. The van der Waals surface area contributed by atoms with E-state index in [0.29, 0.717) is 6.54 Å². The molecule has 0 unspecified atom stereocenters. The summed E-state index contributed by atoms with van der Waals surface area (Å²) in [6.45, 7) is 2.50. The number of aliphatic hydroxyl groups is 1. The maximum atomic E-state index is 8.97. The average Bonchev–Trinajstić information content (AvgIpc) is 2.82. The van der Waals surface area contributed by atoms with Crippen LogP contribution in [0.15, 0.2) is 36.8 Å². The van der Waals surface area contributed by atoms with Gasteiger partial charge in [-0.25, -0.2) is 9.67 Å². The molecular weight excluding hydrogens is 240 g/mol. The first-order valence-electron chi connectivity index (χ1n) is 6.14. The van der Waals surface area contributed by atoms with E-state index in [9.17, 15) is 0 Å². The van der Waals surface area contributed by atoms with Gasteiger partial charge in [-0.1, -0.05) is 6.07 Å². The minimum absolute atomic E-state index is 0.0575. The SMILES string of the molecule is Cc1ncccc1-c1cnc2c(cnn2CCO)c1. The highest BCUT2D eigenvalue weighted by Crippen LogP contribution is 2.24. The molecule has 0 aliphatic carbocycles. The summed E-state index contributed by atoms with van der Waals surface area (Å²) >= 11 is 0. The zero-order valence-corrected chi connectivity index (χ0v) is 10.6. The fourth-order valence-corrected chi connectivity index (χ4v) is 2.17. The second-order valence-electron chi connectivity index (χ2n) is 4.36. The Bertz CT molecular complexity index is 720. The van der Waals surface area contributed by atoms with E-state index in [1.54, 1.807) is 17.1 Å². The second-order valence-corrected chi connectivity index (χ2v) is 4.36. The molecule has 3 rings (SSSR count). The Hall–Kier alpha value is -2.27. The topological polar surface area (TPSA) is 63.8 Å². The first-order chi connectivity index (χ1) is 9.29. The fraction of sp³-hybridized carbons (Fsp3) is 0.214. The molecule has 96 valence electrons. The molecule has 0 radical (unpaired) electrons. The summed E-state index contributed by atoms with van der Waals surface area (Å²) in [6, 6.07) is 6.00. The Morgan fingerprint density at radius 2 is 2.16 bits per heavy atom. The monoisotopic (exact) mass is 254 g/mol. The maximum absolute atomic E-state index is 8.97. The minimum Gasteiger partial charge on any atom is -0.394 e. The van der Waals surface area contributed by atoms with Crippen LogP contribution in [0.1, 0.15) is 5.69 Å². The number of pyridine rings is 2. The van der Waals surface area contributed by atoms with E-state index < -0.39 is 0 Å². The molecule has 0 amide bonds. The number of aromatic nitrogens is 4. The van der Waals surface area contributed by atoms with Gasteiger partial charge in [-0.15, -0.1) is 0 Å². The predicted molar refractivity (Wildman–Crippen MR) is 72.6 cm³/mol. The smallest absolute Gasteiger partial charge is 0.157 e. The Balaban J connectivity index is 2.10. The van der Waals surface area contributed by atoms with Gasteiger partial charge in [0.05, 0.1) is 19.3 Å². The highest BCUT2D eigenvalue weighted by Gasteiger charge is 2.07.